The molecule has 2 aromatic carbocycles. The van der Waals surface area contributed by atoms with Crippen LogP contribution in [0.3, 0.4) is 0 Å². The van der Waals surface area contributed by atoms with Crippen LogP contribution >= 0.6 is 11.6 Å². The predicted molar refractivity (Wildman–Crippen MR) is 124 cm³/mol. The molecular weight excluding hydrogens is 471 g/mol. The van der Waals surface area contributed by atoms with Gasteiger partial charge in [0.2, 0.25) is 11.8 Å². The van der Waals surface area contributed by atoms with Gasteiger partial charge in [0.25, 0.3) is 0 Å². The molecule has 0 bridgehead atoms. The van der Waals surface area contributed by atoms with Crippen LogP contribution in [0.5, 0.6) is 5.75 Å². The van der Waals surface area contributed by atoms with Crippen molar-refractivity contribution in [3.05, 3.63) is 64.7 Å². The molecule has 2 unspecified atom stereocenters. The molecule has 2 amide bonds. The lowest BCUT2D eigenvalue weighted by molar-refractivity contribution is -0.145. The smallest absolute Gasteiger partial charge is 0.391 e. The first-order chi connectivity index (χ1) is 15.9. The molecule has 4 N–H and O–H groups in total. The third-order valence-corrected chi connectivity index (χ3v) is 5.48. The zero-order valence-electron chi connectivity index (χ0n) is 19.2. The Morgan fingerprint density at radius 2 is 1.74 bits per heavy atom. The van der Waals surface area contributed by atoms with Crippen molar-refractivity contribution in [1.29, 1.82) is 0 Å². The van der Waals surface area contributed by atoms with Crippen LogP contribution in [0.15, 0.2) is 48.5 Å². The summed E-state index contributed by atoms with van der Waals surface area (Å²) in [6, 6.07) is 9.74. The van der Waals surface area contributed by atoms with E-state index in [0.29, 0.717) is 16.3 Å². The van der Waals surface area contributed by atoms with Gasteiger partial charge >= 0.3 is 6.18 Å². The normalized spacial score (nSPS) is 14.3. The van der Waals surface area contributed by atoms with Crippen molar-refractivity contribution in [2.45, 2.75) is 51.0 Å². The van der Waals surface area contributed by atoms with E-state index >= 15 is 0 Å². The maximum Gasteiger partial charge on any atom is 0.391 e. The minimum Gasteiger partial charge on any atom is -0.497 e. The van der Waals surface area contributed by atoms with Crippen molar-refractivity contribution < 1.29 is 27.5 Å². The fraction of sp³-hybridized carbons (Fsp3) is 0.417. The number of methoxy groups -OCH3 is 1. The molecule has 0 aromatic heterocycles. The zero-order valence-corrected chi connectivity index (χ0v) is 19.9. The molecule has 0 spiro atoms. The zero-order chi connectivity index (χ0) is 25.5. The summed E-state index contributed by atoms with van der Waals surface area (Å²) in [5, 5.41) is 5.51. The summed E-state index contributed by atoms with van der Waals surface area (Å²) in [4.78, 5) is 26.0. The van der Waals surface area contributed by atoms with Crippen molar-refractivity contribution in [2.24, 2.45) is 11.7 Å². The molecule has 0 saturated carbocycles. The lowest BCUT2D eigenvalue weighted by atomic mass is 9.98. The average Bonchev–Trinajstić information content (AvgIpc) is 2.75. The van der Waals surface area contributed by atoms with Gasteiger partial charge in [0.05, 0.1) is 19.6 Å². The van der Waals surface area contributed by atoms with E-state index < -0.39 is 48.5 Å². The number of hydrogen-bond donors (Lipinski definition) is 3. The van der Waals surface area contributed by atoms with Crippen molar-refractivity contribution >= 4 is 23.4 Å². The second-order valence-corrected chi connectivity index (χ2v) is 8.77. The van der Waals surface area contributed by atoms with Gasteiger partial charge in [-0.3, -0.25) is 9.59 Å². The van der Waals surface area contributed by atoms with E-state index in [1.807, 2.05) is 0 Å². The Morgan fingerprint density at radius 3 is 2.32 bits per heavy atom. The van der Waals surface area contributed by atoms with E-state index in [9.17, 15) is 22.8 Å². The van der Waals surface area contributed by atoms with Crippen LogP contribution < -0.4 is 21.1 Å². The van der Waals surface area contributed by atoms with Gasteiger partial charge in [-0.25, -0.2) is 0 Å². The second kappa shape index (κ2) is 12.1. The Labute approximate surface area is 202 Å². The first kappa shape index (κ1) is 27.5. The summed E-state index contributed by atoms with van der Waals surface area (Å²) in [6.07, 6.45) is -5.50. The van der Waals surface area contributed by atoms with Crippen molar-refractivity contribution in [3.63, 3.8) is 0 Å². The molecule has 2 aromatic rings. The van der Waals surface area contributed by atoms with E-state index in [0.717, 1.165) is 5.56 Å². The monoisotopic (exact) mass is 499 g/mol. The van der Waals surface area contributed by atoms with Gasteiger partial charge in [-0.05, 0) is 47.7 Å². The molecule has 0 heterocycles. The molecular formula is C24H29ClF3N3O3. The number of benzene rings is 2. The molecule has 0 aliphatic heterocycles. The SMILES string of the molecule is COc1cccc(C(NC(=O)C(N)Cc2cccc(Cl)c2)C(=O)N[C@H](CC(F)(F)F)C(C)C)c1. The Morgan fingerprint density at radius 1 is 1.06 bits per heavy atom. The highest BCUT2D eigenvalue weighted by Crippen LogP contribution is 2.26. The standard InChI is InChI=1S/C24H29ClF3N3O3/c1-14(2)20(13-24(26,27)28)30-23(33)21(16-7-5-9-18(12-16)34-3)31-22(32)19(29)11-15-6-4-8-17(25)10-15/h4-10,12,14,19-21H,11,13,29H2,1-3H3,(H,30,33)(H,31,32)/t19?,20-,21?/m1/s1. The van der Waals surface area contributed by atoms with Crippen LogP contribution in [0, 0.1) is 5.92 Å². The summed E-state index contributed by atoms with van der Waals surface area (Å²) in [5.41, 5.74) is 7.12. The number of carbonyl (C=O) groups is 2. The predicted octanol–water partition coefficient (Wildman–Crippen LogP) is 4.17. The van der Waals surface area contributed by atoms with E-state index in [1.54, 1.807) is 56.3 Å². The Hall–Kier alpha value is -2.78. The minimum atomic E-state index is -4.46. The fourth-order valence-electron chi connectivity index (χ4n) is 3.35. The van der Waals surface area contributed by atoms with Gasteiger partial charge in [0.1, 0.15) is 11.8 Å². The molecule has 6 nitrogen and oxygen atoms in total. The summed E-state index contributed by atoms with van der Waals surface area (Å²) in [7, 11) is 1.44. The van der Waals surface area contributed by atoms with Crippen LogP contribution in [-0.4, -0.2) is 37.2 Å². The van der Waals surface area contributed by atoms with Gasteiger partial charge in [0, 0.05) is 11.1 Å². The molecule has 0 fully saturated rings. The highest BCUT2D eigenvalue weighted by molar-refractivity contribution is 6.30. The molecule has 0 saturated heterocycles. The summed E-state index contributed by atoms with van der Waals surface area (Å²) >= 11 is 5.98. The van der Waals surface area contributed by atoms with Crippen LogP contribution in [0.4, 0.5) is 13.2 Å². The van der Waals surface area contributed by atoms with Crippen molar-refractivity contribution in [3.8, 4) is 5.75 Å². The van der Waals surface area contributed by atoms with E-state index in [1.165, 1.54) is 13.2 Å². The number of nitrogens with two attached hydrogens (primary N) is 1. The largest absolute Gasteiger partial charge is 0.497 e. The topological polar surface area (TPSA) is 93.4 Å². The molecule has 186 valence electrons. The minimum absolute atomic E-state index is 0.154. The van der Waals surface area contributed by atoms with Gasteiger partial charge in [-0.1, -0.05) is 49.7 Å². The highest BCUT2D eigenvalue weighted by Gasteiger charge is 2.36. The molecule has 3 atom stereocenters. The highest BCUT2D eigenvalue weighted by atomic mass is 35.5. The molecule has 0 radical (unpaired) electrons. The van der Waals surface area contributed by atoms with E-state index in [4.69, 9.17) is 22.1 Å². The second-order valence-electron chi connectivity index (χ2n) is 8.34. The Kier molecular flexibility index (Phi) is 9.76. The average molecular weight is 500 g/mol. The summed E-state index contributed by atoms with van der Waals surface area (Å²) < 4.78 is 44.3. The number of nitrogens with one attached hydrogen (secondary N) is 2. The molecule has 34 heavy (non-hydrogen) atoms. The quantitative estimate of drug-likeness (QED) is 0.457. The number of alkyl halides is 3. The third kappa shape index (κ3) is 8.53. The first-order valence-electron chi connectivity index (χ1n) is 10.7. The Bertz CT molecular complexity index is 985. The number of halogens is 4. The van der Waals surface area contributed by atoms with Gasteiger partial charge in [-0.2, -0.15) is 13.2 Å². The van der Waals surface area contributed by atoms with Crippen LogP contribution in [-0.2, 0) is 16.0 Å². The van der Waals surface area contributed by atoms with Gasteiger partial charge < -0.3 is 21.1 Å². The Balaban J connectivity index is 2.26. The van der Waals surface area contributed by atoms with Crippen molar-refractivity contribution in [1.82, 2.24) is 10.6 Å². The number of amides is 2. The maximum atomic E-state index is 13.1. The lowest BCUT2D eigenvalue weighted by Gasteiger charge is -2.27. The van der Waals surface area contributed by atoms with Crippen LogP contribution in [0.1, 0.15) is 37.4 Å². The van der Waals surface area contributed by atoms with Crippen molar-refractivity contribution in [2.75, 3.05) is 7.11 Å². The van der Waals surface area contributed by atoms with E-state index in [-0.39, 0.29) is 6.42 Å². The third-order valence-electron chi connectivity index (χ3n) is 5.24. The fourth-order valence-corrected chi connectivity index (χ4v) is 3.56. The molecule has 0 aliphatic carbocycles. The van der Waals surface area contributed by atoms with Gasteiger partial charge in [-0.15, -0.1) is 0 Å². The molecule has 0 aliphatic rings. The molecule has 10 heteroatoms. The van der Waals surface area contributed by atoms with Crippen LogP contribution in [0.2, 0.25) is 5.02 Å². The number of hydrogen-bond acceptors (Lipinski definition) is 4. The summed E-state index contributed by atoms with van der Waals surface area (Å²) in [6.45, 7) is 3.16. The maximum absolute atomic E-state index is 13.1. The number of rotatable bonds is 10. The number of ether oxygens (including phenoxy) is 1. The summed E-state index contributed by atoms with van der Waals surface area (Å²) in [5.74, 6) is -1.49. The lowest BCUT2D eigenvalue weighted by Crippen LogP contribution is -2.50. The van der Waals surface area contributed by atoms with Gasteiger partial charge in [0.15, 0.2) is 0 Å². The number of carbonyl (C=O) groups excluding carboxylic acids is 2. The van der Waals surface area contributed by atoms with Crippen LogP contribution in [0.25, 0.3) is 0 Å². The van der Waals surface area contributed by atoms with E-state index in [2.05, 4.69) is 10.6 Å². The first-order valence-corrected chi connectivity index (χ1v) is 11.1. The molecule has 2 rings (SSSR count).